The second kappa shape index (κ2) is 4.57. The van der Waals surface area contributed by atoms with Gasteiger partial charge in [0.15, 0.2) is 0 Å². The first-order valence-electron chi connectivity index (χ1n) is 4.78. The van der Waals surface area contributed by atoms with Gasteiger partial charge in [-0.05, 0) is 46.3 Å². The Bertz CT molecular complexity index is 481. The number of halogens is 2. The van der Waals surface area contributed by atoms with Crippen LogP contribution in [-0.2, 0) is 10.0 Å². The highest BCUT2D eigenvalue weighted by molar-refractivity contribution is 9.11. The van der Waals surface area contributed by atoms with Gasteiger partial charge in [-0.1, -0.05) is 0 Å². The van der Waals surface area contributed by atoms with Crippen molar-refractivity contribution in [2.75, 3.05) is 12.4 Å². The van der Waals surface area contributed by atoms with Gasteiger partial charge in [-0.25, -0.2) is 13.1 Å². The van der Waals surface area contributed by atoms with E-state index in [0.717, 1.165) is 16.6 Å². The SMILES string of the molecule is O=S(=O)(NCC1(CCl)CC1)c1ccc(Br)s1. The third-order valence-corrected chi connectivity index (χ3v) is 6.77. The van der Waals surface area contributed by atoms with Crippen LogP contribution >= 0.6 is 38.9 Å². The summed E-state index contributed by atoms with van der Waals surface area (Å²) < 4.78 is 27.5. The molecule has 1 aromatic rings. The molecule has 1 aromatic heterocycles. The van der Waals surface area contributed by atoms with Crippen LogP contribution in [0.25, 0.3) is 0 Å². The maximum Gasteiger partial charge on any atom is 0.250 e. The highest BCUT2D eigenvalue weighted by Crippen LogP contribution is 2.46. The van der Waals surface area contributed by atoms with Crippen molar-refractivity contribution in [2.24, 2.45) is 5.41 Å². The minimum absolute atomic E-state index is 0.00309. The van der Waals surface area contributed by atoms with E-state index >= 15 is 0 Å². The van der Waals surface area contributed by atoms with Gasteiger partial charge < -0.3 is 0 Å². The molecule has 7 heteroatoms. The van der Waals surface area contributed by atoms with Crippen molar-refractivity contribution in [2.45, 2.75) is 17.1 Å². The van der Waals surface area contributed by atoms with Gasteiger partial charge in [0.05, 0.1) is 3.79 Å². The summed E-state index contributed by atoms with van der Waals surface area (Å²) in [6, 6.07) is 3.32. The Morgan fingerprint density at radius 3 is 2.62 bits per heavy atom. The van der Waals surface area contributed by atoms with Crippen LogP contribution in [0.4, 0.5) is 0 Å². The first-order chi connectivity index (χ1) is 7.47. The van der Waals surface area contributed by atoms with Gasteiger partial charge >= 0.3 is 0 Å². The minimum atomic E-state index is -3.36. The van der Waals surface area contributed by atoms with Crippen molar-refractivity contribution in [3.8, 4) is 0 Å². The zero-order valence-corrected chi connectivity index (χ0v) is 12.3. The summed E-state index contributed by atoms with van der Waals surface area (Å²) >= 11 is 10.2. The normalized spacial score (nSPS) is 18.6. The molecule has 0 bridgehead atoms. The minimum Gasteiger partial charge on any atom is -0.210 e. The fourth-order valence-electron chi connectivity index (χ4n) is 1.30. The van der Waals surface area contributed by atoms with Crippen molar-refractivity contribution in [1.82, 2.24) is 4.72 Å². The van der Waals surface area contributed by atoms with E-state index in [1.54, 1.807) is 12.1 Å². The topological polar surface area (TPSA) is 46.2 Å². The van der Waals surface area contributed by atoms with E-state index in [1.807, 2.05) is 0 Å². The molecule has 1 saturated carbocycles. The van der Waals surface area contributed by atoms with Crippen LogP contribution < -0.4 is 4.72 Å². The van der Waals surface area contributed by atoms with Gasteiger partial charge in [0, 0.05) is 12.4 Å². The monoisotopic (exact) mass is 343 g/mol. The van der Waals surface area contributed by atoms with E-state index in [4.69, 9.17) is 11.6 Å². The number of sulfonamides is 1. The molecule has 0 aromatic carbocycles. The third kappa shape index (κ3) is 2.79. The van der Waals surface area contributed by atoms with Crippen LogP contribution in [0.3, 0.4) is 0 Å². The molecule has 0 unspecified atom stereocenters. The summed E-state index contributed by atoms with van der Waals surface area (Å²) in [6.07, 6.45) is 2.01. The number of rotatable bonds is 5. The molecule has 0 aliphatic heterocycles. The Balaban J connectivity index is 2.04. The smallest absolute Gasteiger partial charge is 0.210 e. The van der Waals surface area contributed by atoms with Crippen molar-refractivity contribution < 1.29 is 8.42 Å². The van der Waals surface area contributed by atoms with Crippen molar-refractivity contribution >= 4 is 48.9 Å². The second-order valence-electron chi connectivity index (χ2n) is 4.02. The van der Waals surface area contributed by atoms with E-state index in [0.29, 0.717) is 16.6 Å². The molecule has 0 saturated heterocycles. The fraction of sp³-hybridized carbons (Fsp3) is 0.556. The molecule has 3 nitrogen and oxygen atoms in total. The molecular weight excluding hydrogens is 334 g/mol. The predicted octanol–water partition coefficient (Wildman–Crippen LogP) is 2.81. The molecule has 0 radical (unpaired) electrons. The summed E-state index contributed by atoms with van der Waals surface area (Å²) in [5, 5.41) is 0. The molecule has 16 heavy (non-hydrogen) atoms. The van der Waals surface area contributed by atoms with Crippen molar-refractivity contribution in [1.29, 1.82) is 0 Å². The van der Waals surface area contributed by atoms with Crippen LogP contribution in [0.5, 0.6) is 0 Å². The van der Waals surface area contributed by atoms with Gasteiger partial charge in [0.2, 0.25) is 10.0 Å². The summed E-state index contributed by atoms with van der Waals surface area (Å²) in [4.78, 5) is 0. The van der Waals surface area contributed by atoms with Gasteiger partial charge in [0.25, 0.3) is 0 Å². The summed E-state index contributed by atoms with van der Waals surface area (Å²) in [6.45, 7) is 0.439. The molecule has 1 aliphatic carbocycles. The van der Waals surface area contributed by atoms with Crippen LogP contribution in [0.15, 0.2) is 20.1 Å². The number of hydrogen-bond acceptors (Lipinski definition) is 3. The van der Waals surface area contributed by atoms with Gasteiger partial charge in [0.1, 0.15) is 4.21 Å². The fourth-order valence-corrected chi connectivity index (χ4v) is 4.87. The molecule has 2 rings (SSSR count). The second-order valence-corrected chi connectivity index (χ2v) is 8.74. The van der Waals surface area contributed by atoms with Crippen molar-refractivity contribution in [3.63, 3.8) is 0 Å². The zero-order valence-electron chi connectivity index (χ0n) is 8.37. The van der Waals surface area contributed by atoms with Crippen LogP contribution in [0.2, 0.25) is 0 Å². The Labute approximate surface area is 112 Å². The molecule has 90 valence electrons. The average molecular weight is 345 g/mol. The first-order valence-corrected chi connectivity index (χ1v) is 8.41. The molecular formula is C9H11BrClNO2S2. The first kappa shape index (κ1) is 12.8. The lowest BCUT2D eigenvalue weighted by molar-refractivity contribution is 0.536. The van der Waals surface area contributed by atoms with E-state index in [2.05, 4.69) is 20.7 Å². The van der Waals surface area contributed by atoms with Crippen LogP contribution in [0, 0.1) is 5.41 Å². The van der Waals surface area contributed by atoms with Gasteiger partial charge in [-0.3, -0.25) is 0 Å². The van der Waals surface area contributed by atoms with E-state index < -0.39 is 10.0 Å². The Morgan fingerprint density at radius 1 is 1.50 bits per heavy atom. The van der Waals surface area contributed by atoms with Gasteiger partial charge in [-0.15, -0.1) is 22.9 Å². The summed E-state index contributed by atoms with van der Waals surface area (Å²) in [5.74, 6) is 0.518. The number of alkyl halides is 1. The third-order valence-electron chi connectivity index (χ3n) is 2.69. The highest BCUT2D eigenvalue weighted by Gasteiger charge is 2.42. The Morgan fingerprint density at radius 2 is 2.19 bits per heavy atom. The highest BCUT2D eigenvalue weighted by atomic mass is 79.9. The lowest BCUT2D eigenvalue weighted by atomic mass is 10.1. The van der Waals surface area contributed by atoms with Crippen molar-refractivity contribution in [3.05, 3.63) is 15.9 Å². The Kier molecular flexibility index (Phi) is 3.66. The van der Waals surface area contributed by atoms with Gasteiger partial charge in [-0.2, -0.15) is 0 Å². The molecule has 1 heterocycles. The number of nitrogens with one attached hydrogen (secondary N) is 1. The van der Waals surface area contributed by atoms with Crippen LogP contribution in [0.1, 0.15) is 12.8 Å². The average Bonchev–Trinajstić information content (AvgIpc) is 2.91. The largest absolute Gasteiger partial charge is 0.250 e. The van der Waals surface area contributed by atoms with Crippen LogP contribution in [-0.4, -0.2) is 20.8 Å². The lowest BCUT2D eigenvalue weighted by Crippen LogP contribution is -2.30. The maximum absolute atomic E-state index is 11.9. The number of hydrogen-bond donors (Lipinski definition) is 1. The molecule has 0 spiro atoms. The Hall–Kier alpha value is 0.380. The molecule has 1 N–H and O–H groups in total. The van der Waals surface area contributed by atoms with E-state index in [-0.39, 0.29) is 5.41 Å². The van der Waals surface area contributed by atoms with E-state index in [1.165, 1.54) is 11.3 Å². The molecule has 0 atom stereocenters. The lowest BCUT2D eigenvalue weighted by Gasteiger charge is -2.11. The summed E-state index contributed by atoms with van der Waals surface area (Å²) in [5.41, 5.74) is 0.00309. The molecule has 0 amide bonds. The predicted molar refractivity (Wildman–Crippen MR) is 69.6 cm³/mol. The maximum atomic E-state index is 11.9. The standard InChI is InChI=1S/C9H11BrClNO2S2/c10-7-1-2-8(15-7)16(13,14)12-6-9(5-11)3-4-9/h1-2,12H,3-6H2. The molecule has 1 aliphatic rings. The number of thiophene rings is 1. The zero-order chi connectivity index (χ0) is 11.8. The van der Waals surface area contributed by atoms with E-state index in [9.17, 15) is 8.42 Å². The quantitative estimate of drug-likeness (QED) is 0.835. The molecule has 1 fully saturated rings. The summed E-state index contributed by atoms with van der Waals surface area (Å²) in [7, 11) is -3.36.